The van der Waals surface area contributed by atoms with Crippen LogP contribution >= 0.6 is 0 Å². The zero-order chi connectivity index (χ0) is 18.1. The molecule has 0 saturated heterocycles. The van der Waals surface area contributed by atoms with Crippen molar-refractivity contribution in [3.05, 3.63) is 59.7 Å². The van der Waals surface area contributed by atoms with Crippen LogP contribution in [-0.4, -0.2) is 37.6 Å². The molecule has 0 aliphatic carbocycles. The molecule has 2 rings (SSSR count). The minimum atomic E-state index is -0.188. The molecule has 5 nitrogen and oxygen atoms in total. The third-order valence-corrected chi connectivity index (χ3v) is 3.88. The molecule has 0 bridgehead atoms. The van der Waals surface area contributed by atoms with E-state index in [2.05, 4.69) is 29.4 Å². The molecule has 5 heteroatoms. The van der Waals surface area contributed by atoms with Gasteiger partial charge in [-0.2, -0.15) is 0 Å². The van der Waals surface area contributed by atoms with Gasteiger partial charge in [0, 0.05) is 18.8 Å². The minimum Gasteiger partial charge on any atom is -0.493 e. The maximum atomic E-state index is 12.4. The van der Waals surface area contributed by atoms with Gasteiger partial charge in [0.25, 0.3) is 5.91 Å². The number of anilines is 1. The average Bonchev–Trinajstić information content (AvgIpc) is 2.60. The molecule has 0 fully saturated rings. The molecule has 0 saturated carbocycles. The van der Waals surface area contributed by atoms with Gasteiger partial charge in [0.15, 0.2) is 0 Å². The van der Waals surface area contributed by atoms with Crippen LogP contribution < -0.4 is 15.8 Å². The first-order valence-electron chi connectivity index (χ1n) is 8.63. The van der Waals surface area contributed by atoms with Gasteiger partial charge >= 0.3 is 0 Å². The van der Waals surface area contributed by atoms with Crippen LogP contribution in [0.25, 0.3) is 0 Å². The molecular weight excluding hydrogens is 314 g/mol. The average molecular weight is 341 g/mol. The Kier molecular flexibility index (Phi) is 7.29. The van der Waals surface area contributed by atoms with Crippen LogP contribution in [0.15, 0.2) is 48.5 Å². The van der Waals surface area contributed by atoms with Crippen LogP contribution in [0.1, 0.15) is 29.3 Å². The SMILES string of the molecule is CCOc1cccc(N)c1C(=O)NCCCN(C)Cc1ccccc1. The number of hydrogen-bond donors (Lipinski definition) is 2. The number of amides is 1. The van der Waals surface area contributed by atoms with E-state index in [1.165, 1.54) is 5.56 Å². The Bertz CT molecular complexity index is 674. The van der Waals surface area contributed by atoms with Crippen molar-refractivity contribution in [1.82, 2.24) is 10.2 Å². The molecule has 0 spiro atoms. The Morgan fingerprint density at radius 1 is 1.16 bits per heavy atom. The van der Waals surface area contributed by atoms with E-state index in [0.29, 0.717) is 30.2 Å². The normalized spacial score (nSPS) is 10.7. The van der Waals surface area contributed by atoms with Gasteiger partial charge < -0.3 is 20.7 Å². The quantitative estimate of drug-likeness (QED) is 0.544. The molecule has 0 heterocycles. The van der Waals surface area contributed by atoms with E-state index in [9.17, 15) is 4.79 Å². The fourth-order valence-electron chi connectivity index (χ4n) is 2.68. The first-order valence-corrected chi connectivity index (χ1v) is 8.63. The van der Waals surface area contributed by atoms with Gasteiger partial charge in [0.2, 0.25) is 0 Å². The summed E-state index contributed by atoms with van der Waals surface area (Å²) in [5, 5.41) is 2.93. The molecule has 0 aliphatic heterocycles. The summed E-state index contributed by atoms with van der Waals surface area (Å²) in [4.78, 5) is 14.7. The largest absolute Gasteiger partial charge is 0.493 e. The van der Waals surface area contributed by atoms with Gasteiger partial charge in [-0.25, -0.2) is 0 Å². The maximum Gasteiger partial charge on any atom is 0.257 e. The Morgan fingerprint density at radius 3 is 2.64 bits per heavy atom. The number of nitrogens with zero attached hydrogens (tertiary/aromatic N) is 1. The predicted molar refractivity (Wildman–Crippen MR) is 102 cm³/mol. The van der Waals surface area contributed by atoms with E-state index >= 15 is 0 Å². The molecule has 0 aromatic heterocycles. The third kappa shape index (κ3) is 5.80. The lowest BCUT2D eigenvalue weighted by atomic mass is 10.1. The number of hydrogen-bond acceptors (Lipinski definition) is 4. The number of nitrogens with two attached hydrogens (primary N) is 1. The van der Waals surface area contributed by atoms with Gasteiger partial charge in [-0.3, -0.25) is 4.79 Å². The zero-order valence-corrected chi connectivity index (χ0v) is 15.0. The first-order chi connectivity index (χ1) is 12.1. The number of carbonyl (C=O) groups excluding carboxylic acids is 1. The summed E-state index contributed by atoms with van der Waals surface area (Å²) in [6.45, 7) is 4.77. The number of benzene rings is 2. The summed E-state index contributed by atoms with van der Waals surface area (Å²) in [6.07, 6.45) is 0.867. The summed E-state index contributed by atoms with van der Waals surface area (Å²) in [6, 6.07) is 15.6. The Hall–Kier alpha value is -2.53. The Balaban J connectivity index is 1.79. The molecule has 1 amide bonds. The summed E-state index contributed by atoms with van der Waals surface area (Å²) >= 11 is 0. The number of nitrogens with one attached hydrogen (secondary N) is 1. The highest BCUT2D eigenvalue weighted by Gasteiger charge is 2.15. The molecule has 0 unspecified atom stereocenters. The van der Waals surface area contributed by atoms with Crippen molar-refractivity contribution < 1.29 is 9.53 Å². The van der Waals surface area contributed by atoms with Gasteiger partial charge in [0.05, 0.1) is 6.61 Å². The van der Waals surface area contributed by atoms with Gasteiger partial charge in [-0.1, -0.05) is 36.4 Å². The van der Waals surface area contributed by atoms with Gasteiger partial charge in [0.1, 0.15) is 11.3 Å². The predicted octanol–water partition coefficient (Wildman–Crippen LogP) is 2.92. The number of ether oxygens (including phenoxy) is 1. The van der Waals surface area contributed by atoms with E-state index in [1.807, 2.05) is 25.1 Å². The van der Waals surface area contributed by atoms with Crippen LogP contribution in [0.4, 0.5) is 5.69 Å². The van der Waals surface area contributed by atoms with Crippen molar-refractivity contribution in [2.45, 2.75) is 19.9 Å². The zero-order valence-electron chi connectivity index (χ0n) is 15.0. The minimum absolute atomic E-state index is 0.188. The molecule has 25 heavy (non-hydrogen) atoms. The fourth-order valence-corrected chi connectivity index (χ4v) is 2.68. The van der Waals surface area contributed by atoms with Crippen molar-refractivity contribution in [3.8, 4) is 5.75 Å². The van der Waals surface area contributed by atoms with Gasteiger partial charge in [-0.05, 0) is 44.6 Å². The molecule has 2 aromatic rings. The second-order valence-corrected chi connectivity index (χ2v) is 5.99. The van der Waals surface area contributed by atoms with Crippen LogP contribution in [0.2, 0.25) is 0 Å². The standard InChI is InChI=1S/C20H27N3O2/c1-3-25-18-12-7-11-17(21)19(18)20(24)22-13-8-14-23(2)15-16-9-5-4-6-10-16/h4-7,9-12H,3,8,13-15,21H2,1-2H3,(H,22,24). The molecule has 3 N–H and O–H groups in total. The lowest BCUT2D eigenvalue weighted by Gasteiger charge is -2.17. The topological polar surface area (TPSA) is 67.6 Å². The van der Waals surface area contributed by atoms with Crippen LogP contribution in [0.3, 0.4) is 0 Å². The molecule has 0 radical (unpaired) electrons. The van der Waals surface area contributed by atoms with E-state index in [1.54, 1.807) is 18.2 Å². The van der Waals surface area contributed by atoms with Crippen molar-refractivity contribution in [2.75, 3.05) is 32.5 Å². The highest BCUT2D eigenvalue weighted by Crippen LogP contribution is 2.24. The van der Waals surface area contributed by atoms with Crippen molar-refractivity contribution in [2.24, 2.45) is 0 Å². The molecule has 2 aromatic carbocycles. The monoisotopic (exact) mass is 341 g/mol. The number of carbonyl (C=O) groups is 1. The highest BCUT2D eigenvalue weighted by atomic mass is 16.5. The van der Waals surface area contributed by atoms with Crippen molar-refractivity contribution >= 4 is 11.6 Å². The molecule has 0 atom stereocenters. The molecule has 134 valence electrons. The smallest absolute Gasteiger partial charge is 0.257 e. The molecule has 0 aliphatic rings. The Morgan fingerprint density at radius 2 is 1.92 bits per heavy atom. The Labute approximate surface area is 149 Å². The lowest BCUT2D eigenvalue weighted by molar-refractivity contribution is 0.0949. The van der Waals surface area contributed by atoms with Crippen LogP contribution in [-0.2, 0) is 6.54 Å². The number of rotatable bonds is 9. The van der Waals surface area contributed by atoms with Gasteiger partial charge in [-0.15, -0.1) is 0 Å². The summed E-state index contributed by atoms with van der Waals surface area (Å²) < 4.78 is 5.50. The van der Waals surface area contributed by atoms with E-state index < -0.39 is 0 Å². The second kappa shape index (κ2) is 9.69. The highest BCUT2D eigenvalue weighted by molar-refractivity contribution is 6.01. The summed E-state index contributed by atoms with van der Waals surface area (Å²) in [5.74, 6) is 0.341. The third-order valence-electron chi connectivity index (χ3n) is 3.88. The van der Waals surface area contributed by atoms with Crippen molar-refractivity contribution in [3.63, 3.8) is 0 Å². The maximum absolute atomic E-state index is 12.4. The van der Waals surface area contributed by atoms with E-state index in [4.69, 9.17) is 10.5 Å². The number of nitrogen functional groups attached to an aromatic ring is 1. The fraction of sp³-hybridized carbons (Fsp3) is 0.350. The lowest BCUT2D eigenvalue weighted by Crippen LogP contribution is -2.29. The summed E-state index contributed by atoms with van der Waals surface area (Å²) in [7, 11) is 2.08. The molecular formula is C20H27N3O2. The van der Waals surface area contributed by atoms with Crippen LogP contribution in [0.5, 0.6) is 5.75 Å². The second-order valence-electron chi connectivity index (χ2n) is 5.99. The summed E-state index contributed by atoms with van der Waals surface area (Å²) in [5.41, 5.74) is 8.08. The van der Waals surface area contributed by atoms with E-state index in [-0.39, 0.29) is 5.91 Å². The first kappa shape index (κ1) is 18.8. The van der Waals surface area contributed by atoms with E-state index in [0.717, 1.165) is 19.5 Å². The van der Waals surface area contributed by atoms with Crippen molar-refractivity contribution in [1.29, 1.82) is 0 Å². The van der Waals surface area contributed by atoms with Crippen LogP contribution in [0, 0.1) is 0 Å².